The van der Waals surface area contributed by atoms with Gasteiger partial charge < -0.3 is 14.7 Å². The molecule has 1 aliphatic heterocycles. The Hall–Kier alpha value is -1.10. The standard InChI is InChI=1S/C16H31N3O2/c1-6-19(7-2)16(21)13-9-8-10-14(17(3)4)12-18(5)15(20)11-13/h13-14H,6-12H2,1-5H3. The van der Waals surface area contributed by atoms with Gasteiger partial charge in [0.25, 0.3) is 0 Å². The van der Waals surface area contributed by atoms with E-state index in [2.05, 4.69) is 19.0 Å². The smallest absolute Gasteiger partial charge is 0.226 e. The fourth-order valence-electron chi connectivity index (χ4n) is 3.00. The minimum atomic E-state index is -0.152. The lowest BCUT2D eigenvalue weighted by Crippen LogP contribution is -2.42. The Morgan fingerprint density at radius 1 is 1.24 bits per heavy atom. The summed E-state index contributed by atoms with van der Waals surface area (Å²) in [7, 11) is 5.96. The van der Waals surface area contributed by atoms with E-state index >= 15 is 0 Å². The van der Waals surface area contributed by atoms with Crippen LogP contribution in [0.15, 0.2) is 0 Å². The van der Waals surface area contributed by atoms with Crippen molar-refractivity contribution in [2.24, 2.45) is 5.92 Å². The maximum Gasteiger partial charge on any atom is 0.226 e. The number of carbonyl (C=O) groups excluding carboxylic acids is 2. The zero-order valence-corrected chi connectivity index (χ0v) is 14.3. The summed E-state index contributed by atoms with van der Waals surface area (Å²) in [6, 6.07) is 0.376. The molecule has 122 valence electrons. The number of carbonyl (C=O) groups is 2. The highest BCUT2D eigenvalue weighted by molar-refractivity contribution is 5.85. The zero-order chi connectivity index (χ0) is 16.0. The monoisotopic (exact) mass is 297 g/mol. The number of hydrogen-bond donors (Lipinski definition) is 0. The Kier molecular flexibility index (Phi) is 7.15. The molecule has 0 radical (unpaired) electrons. The number of likely N-dealkylation sites (N-methyl/N-ethyl adjacent to an activating group) is 2. The molecule has 1 rings (SSSR count). The molecule has 0 aromatic heterocycles. The van der Waals surface area contributed by atoms with Crippen molar-refractivity contribution >= 4 is 11.8 Å². The van der Waals surface area contributed by atoms with Gasteiger partial charge in [0.2, 0.25) is 11.8 Å². The van der Waals surface area contributed by atoms with Gasteiger partial charge in [-0.05, 0) is 40.8 Å². The van der Waals surface area contributed by atoms with E-state index in [1.54, 1.807) is 4.90 Å². The molecule has 1 aliphatic rings. The minimum Gasteiger partial charge on any atom is -0.344 e. The molecule has 0 aromatic carbocycles. The van der Waals surface area contributed by atoms with E-state index in [9.17, 15) is 9.59 Å². The van der Waals surface area contributed by atoms with Crippen LogP contribution < -0.4 is 0 Å². The molecule has 0 N–H and O–H groups in total. The van der Waals surface area contributed by atoms with E-state index in [0.717, 1.165) is 38.9 Å². The molecule has 21 heavy (non-hydrogen) atoms. The first-order chi connectivity index (χ1) is 9.90. The van der Waals surface area contributed by atoms with Crippen molar-refractivity contribution in [2.75, 3.05) is 40.8 Å². The molecular weight excluding hydrogens is 266 g/mol. The first kappa shape index (κ1) is 18.0. The van der Waals surface area contributed by atoms with Crippen molar-refractivity contribution in [2.45, 2.75) is 45.6 Å². The topological polar surface area (TPSA) is 43.9 Å². The van der Waals surface area contributed by atoms with Crippen LogP contribution in [0.3, 0.4) is 0 Å². The van der Waals surface area contributed by atoms with Crippen LogP contribution in [-0.2, 0) is 9.59 Å². The highest BCUT2D eigenvalue weighted by Crippen LogP contribution is 2.21. The normalized spacial score (nSPS) is 24.5. The SMILES string of the molecule is CCN(CC)C(=O)C1CCCC(N(C)C)CN(C)C(=O)C1. The van der Waals surface area contributed by atoms with E-state index in [1.165, 1.54) is 0 Å². The molecule has 5 nitrogen and oxygen atoms in total. The number of rotatable bonds is 4. The van der Waals surface area contributed by atoms with Gasteiger partial charge in [0.1, 0.15) is 0 Å². The fraction of sp³-hybridized carbons (Fsp3) is 0.875. The molecule has 0 bridgehead atoms. The number of hydrogen-bond acceptors (Lipinski definition) is 3. The molecular formula is C16H31N3O2. The lowest BCUT2D eigenvalue weighted by atomic mass is 9.95. The Morgan fingerprint density at radius 3 is 2.38 bits per heavy atom. The number of nitrogens with zero attached hydrogens (tertiary/aromatic N) is 3. The van der Waals surface area contributed by atoms with Gasteiger partial charge in [-0.3, -0.25) is 9.59 Å². The summed E-state index contributed by atoms with van der Waals surface area (Å²) in [5, 5.41) is 0. The molecule has 2 unspecified atom stereocenters. The van der Waals surface area contributed by atoms with Gasteiger partial charge >= 0.3 is 0 Å². The maximum atomic E-state index is 12.6. The van der Waals surface area contributed by atoms with Gasteiger partial charge in [0.15, 0.2) is 0 Å². The summed E-state index contributed by atoms with van der Waals surface area (Å²) >= 11 is 0. The summed E-state index contributed by atoms with van der Waals surface area (Å²) in [6.07, 6.45) is 3.21. The number of amides is 2. The van der Waals surface area contributed by atoms with E-state index in [0.29, 0.717) is 12.5 Å². The first-order valence-corrected chi connectivity index (χ1v) is 8.09. The highest BCUT2D eigenvalue weighted by Gasteiger charge is 2.29. The predicted octanol–water partition coefficient (Wildman–Crippen LogP) is 1.43. The fourth-order valence-corrected chi connectivity index (χ4v) is 3.00. The van der Waals surface area contributed by atoms with E-state index in [1.807, 2.05) is 25.8 Å². The third-order valence-electron chi connectivity index (χ3n) is 4.58. The average molecular weight is 297 g/mol. The third kappa shape index (κ3) is 4.99. The maximum absolute atomic E-state index is 12.6. The van der Waals surface area contributed by atoms with Gasteiger partial charge in [0.05, 0.1) is 0 Å². The summed E-state index contributed by atoms with van der Waals surface area (Å²) in [6.45, 7) is 6.17. The molecule has 0 spiro atoms. The van der Waals surface area contributed by atoms with Crippen LogP contribution in [0.1, 0.15) is 39.5 Å². The average Bonchev–Trinajstić information content (AvgIpc) is 2.51. The van der Waals surface area contributed by atoms with Crippen molar-refractivity contribution in [1.29, 1.82) is 0 Å². The van der Waals surface area contributed by atoms with Gasteiger partial charge in [-0.15, -0.1) is 0 Å². The molecule has 0 aliphatic carbocycles. The van der Waals surface area contributed by atoms with Gasteiger partial charge in [-0.1, -0.05) is 6.42 Å². The summed E-state index contributed by atoms with van der Waals surface area (Å²) in [5.74, 6) is 0.0834. The van der Waals surface area contributed by atoms with Crippen LogP contribution in [-0.4, -0.2) is 73.3 Å². The van der Waals surface area contributed by atoms with Crippen molar-refractivity contribution in [3.8, 4) is 0 Å². The van der Waals surface area contributed by atoms with Crippen molar-refractivity contribution in [1.82, 2.24) is 14.7 Å². The van der Waals surface area contributed by atoms with E-state index in [4.69, 9.17) is 0 Å². The van der Waals surface area contributed by atoms with Crippen LogP contribution in [0.2, 0.25) is 0 Å². The molecule has 1 saturated heterocycles. The first-order valence-electron chi connectivity index (χ1n) is 8.09. The van der Waals surface area contributed by atoms with E-state index < -0.39 is 0 Å². The lowest BCUT2D eigenvalue weighted by Gasteiger charge is -2.28. The molecule has 1 heterocycles. The van der Waals surface area contributed by atoms with Crippen LogP contribution in [0.4, 0.5) is 0 Å². The van der Waals surface area contributed by atoms with Gasteiger partial charge in [0, 0.05) is 45.1 Å². The lowest BCUT2D eigenvalue weighted by molar-refractivity contribution is -0.140. The predicted molar refractivity (Wildman–Crippen MR) is 85.0 cm³/mol. The molecule has 1 fully saturated rings. The molecule has 0 aromatic rings. The van der Waals surface area contributed by atoms with Crippen LogP contribution >= 0.6 is 0 Å². The van der Waals surface area contributed by atoms with Crippen molar-refractivity contribution in [3.63, 3.8) is 0 Å². The van der Waals surface area contributed by atoms with Crippen molar-refractivity contribution in [3.05, 3.63) is 0 Å². The van der Waals surface area contributed by atoms with Gasteiger partial charge in [-0.25, -0.2) is 0 Å². The summed E-state index contributed by atoms with van der Waals surface area (Å²) < 4.78 is 0. The Morgan fingerprint density at radius 2 is 1.86 bits per heavy atom. The Balaban J connectivity index is 2.81. The van der Waals surface area contributed by atoms with Crippen LogP contribution in [0.25, 0.3) is 0 Å². The minimum absolute atomic E-state index is 0.0919. The largest absolute Gasteiger partial charge is 0.344 e. The molecule has 5 heteroatoms. The van der Waals surface area contributed by atoms with Crippen LogP contribution in [0, 0.1) is 5.92 Å². The quantitative estimate of drug-likeness (QED) is 0.788. The molecule has 2 amide bonds. The van der Waals surface area contributed by atoms with Crippen LogP contribution in [0.5, 0.6) is 0 Å². The molecule has 2 atom stereocenters. The second-order valence-electron chi connectivity index (χ2n) is 6.23. The Labute approximate surface area is 129 Å². The van der Waals surface area contributed by atoms with Gasteiger partial charge in [-0.2, -0.15) is 0 Å². The summed E-state index contributed by atoms with van der Waals surface area (Å²) in [4.78, 5) is 30.7. The second kappa shape index (κ2) is 8.37. The second-order valence-corrected chi connectivity index (χ2v) is 6.23. The highest BCUT2D eigenvalue weighted by atomic mass is 16.2. The molecule has 0 saturated carbocycles. The van der Waals surface area contributed by atoms with Crippen molar-refractivity contribution < 1.29 is 9.59 Å². The zero-order valence-electron chi connectivity index (χ0n) is 14.3. The Bertz CT molecular complexity index is 353. The van der Waals surface area contributed by atoms with E-state index in [-0.39, 0.29) is 17.7 Å². The third-order valence-corrected chi connectivity index (χ3v) is 4.58. The summed E-state index contributed by atoms with van der Waals surface area (Å²) in [5.41, 5.74) is 0.